The fraction of sp³-hybridized carbons (Fsp3) is 0.261. The van der Waals surface area contributed by atoms with Gasteiger partial charge in [-0.05, 0) is 39.0 Å². The van der Waals surface area contributed by atoms with E-state index in [1.54, 1.807) is 39.0 Å². The zero-order chi connectivity index (χ0) is 23.9. The van der Waals surface area contributed by atoms with Gasteiger partial charge in [-0.1, -0.05) is 18.2 Å². The number of amides is 1. The molecule has 33 heavy (non-hydrogen) atoms. The molecule has 0 saturated heterocycles. The number of nitrogens with zero attached hydrogens (tertiary/aromatic N) is 4. The minimum absolute atomic E-state index is 0.0357. The van der Waals surface area contributed by atoms with Gasteiger partial charge in [0.15, 0.2) is 5.78 Å². The summed E-state index contributed by atoms with van der Waals surface area (Å²) in [6, 6.07) is 10.6. The Labute approximate surface area is 190 Å². The Bertz CT molecular complexity index is 1220. The van der Waals surface area contributed by atoms with Gasteiger partial charge in [0.2, 0.25) is 0 Å². The highest BCUT2D eigenvalue weighted by molar-refractivity contribution is 6.10. The third kappa shape index (κ3) is 4.08. The summed E-state index contributed by atoms with van der Waals surface area (Å²) < 4.78 is 6.73. The molecule has 0 unspecified atom stereocenters. The molecule has 0 bridgehead atoms. The normalized spacial score (nSPS) is 13.6. The molecule has 0 fully saturated rings. The summed E-state index contributed by atoms with van der Waals surface area (Å²) >= 11 is 0. The number of fused-ring (bicyclic) bond motifs is 1. The maximum Gasteiger partial charge on any atom is 0.411 e. The smallest absolute Gasteiger partial charge is 0.411 e. The second kappa shape index (κ2) is 8.14. The fourth-order valence-corrected chi connectivity index (χ4v) is 3.81. The molecule has 1 aliphatic rings. The van der Waals surface area contributed by atoms with E-state index in [2.05, 4.69) is 4.98 Å². The minimum atomic E-state index is -0.717. The second-order valence-electron chi connectivity index (χ2n) is 8.75. The van der Waals surface area contributed by atoms with Crippen LogP contribution in [0.4, 0.5) is 16.2 Å². The first-order valence-electron chi connectivity index (χ1n) is 10.4. The first kappa shape index (κ1) is 22.2. The van der Waals surface area contributed by atoms with E-state index in [1.807, 2.05) is 18.2 Å². The van der Waals surface area contributed by atoms with Crippen LogP contribution in [0.5, 0.6) is 5.75 Å². The van der Waals surface area contributed by atoms with Gasteiger partial charge < -0.3 is 15.7 Å². The first-order chi connectivity index (χ1) is 15.6. The number of ketones is 1. The van der Waals surface area contributed by atoms with E-state index in [4.69, 9.17) is 16.4 Å². The number of rotatable bonds is 3. The summed E-state index contributed by atoms with van der Waals surface area (Å²) in [4.78, 5) is 31.2. The Morgan fingerprint density at radius 2 is 1.88 bits per heavy atom. The van der Waals surface area contributed by atoms with Crippen molar-refractivity contribution >= 4 is 23.3 Å². The van der Waals surface area contributed by atoms with E-state index in [1.165, 1.54) is 27.0 Å². The Kier molecular flexibility index (Phi) is 5.46. The average molecular weight is 450 g/mol. The molecule has 10 heteroatoms. The number of hydrogen-bond acceptors (Lipinski definition) is 8. The van der Waals surface area contributed by atoms with Gasteiger partial charge in [-0.3, -0.25) is 24.4 Å². The molecule has 10 nitrogen and oxygen atoms in total. The number of carbonyl (C=O) groups excluding carboxylic acids is 2. The first-order valence-corrected chi connectivity index (χ1v) is 10.4. The molecular formula is C23H26N6O4. The fourth-order valence-electron chi connectivity index (χ4n) is 3.81. The van der Waals surface area contributed by atoms with Gasteiger partial charge in [0.1, 0.15) is 11.4 Å². The molecule has 0 saturated carbocycles. The second-order valence-corrected chi connectivity index (χ2v) is 8.75. The predicted molar refractivity (Wildman–Crippen MR) is 123 cm³/mol. The van der Waals surface area contributed by atoms with Gasteiger partial charge in [-0.15, -0.1) is 0 Å². The van der Waals surface area contributed by atoms with E-state index in [0.29, 0.717) is 28.3 Å². The lowest BCUT2D eigenvalue weighted by Gasteiger charge is -2.30. The summed E-state index contributed by atoms with van der Waals surface area (Å²) in [7, 11) is 0. The number of aromatic hydroxyl groups is 1. The van der Waals surface area contributed by atoms with E-state index < -0.39 is 11.7 Å². The van der Waals surface area contributed by atoms with Crippen molar-refractivity contribution in [3.8, 4) is 17.0 Å². The molecule has 0 aliphatic carbocycles. The summed E-state index contributed by atoms with van der Waals surface area (Å²) in [5, 5.41) is 11.9. The van der Waals surface area contributed by atoms with Crippen molar-refractivity contribution in [2.45, 2.75) is 32.9 Å². The van der Waals surface area contributed by atoms with Crippen molar-refractivity contribution in [2.24, 2.45) is 5.84 Å². The van der Waals surface area contributed by atoms with Gasteiger partial charge >= 0.3 is 6.09 Å². The van der Waals surface area contributed by atoms with E-state index in [0.717, 1.165) is 0 Å². The van der Waals surface area contributed by atoms with Crippen LogP contribution in [0.15, 0.2) is 48.8 Å². The van der Waals surface area contributed by atoms with Crippen LogP contribution in [-0.2, 0) is 11.3 Å². The van der Waals surface area contributed by atoms with Crippen LogP contribution < -0.4 is 16.7 Å². The predicted octanol–water partition coefficient (Wildman–Crippen LogP) is 2.91. The van der Waals surface area contributed by atoms with Crippen molar-refractivity contribution in [3.05, 3.63) is 60.0 Å². The van der Waals surface area contributed by atoms with E-state index >= 15 is 0 Å². The molecule has 1 amide bonds. The highest BCUT2D eigenvalue weighted by Gasteiger charge is 2.38. The average Bonchev–Trinajstić information content (AvgIpc) is 3.06. The van der Waals surface area contributed by atoms with Crippen molar-refractivity contribution in [2.75, 3.05) is 17.4 Å². The van der Waals surface area contributed by atoms with Crippen LogP contribution >= 0.6 is 0 Å². The number of Topliss-reactive ketones (excluding diaryl/α,β-unsaturated/α-hetero) is 1. The molecule has 172 valence electrons. The van der Waals surface area contributed by atoms with Crippen LogP contribution in [0.2, 0.25) is 0 Å². The third-order valence-electron chi connectivity index (χ3n) is 5.22. The Balaban J connectivity index is 1.89. The van der Waals surface area contributed by atoms with Gasteiger partial charge in [0.05, 0.1) is 47.6 Å². The molecule has 5 N–H and O–H groups in total. The molecule has 0 radical (unpaired) electrons. The van der Waals surface area contributed by atoms with Gasteiger partial charge in [0, 0.05) is 11.8 Å². The van der Waals surface area contributed by atoms with Crippen LogP contribution in [0.3, 0.4) is 0 Å². The largest absolute Gasteiger partial charge is 0.506 e. The summed E-state index contributed by atoms with van der Waals surface area (Å²) in [5.41, 5.74) is 1.56. The maximum absolute atomic E-state index is 13.3. The van der Waals surface area contributed by atoms with Gasteiger partial charge in [-0.2, -0.15) is 0 Å². The number of nitrogen functional groups attached to an aromatic ring is 1. The zero-order valence-electron chi connectivity index (χ0n) is 18.6. The van der Waals surface area contributed by atoms with E-state index in [-0.39, 0.29) is 30.2 Å². The van der Waals surface area contributed by atoms with Crippen LogP contribution in [0.25, 0.3) is 11.3 Å². The number of aromatic nitrogens is 2. The Hall–Kier alpha value is -4.05. The zero-order valence-corrected chi connectivity index (χ0v) is 18.6. The number of ether oxygens (including phenoxy) is 1. The number of hydrogen-bond donors (Lipinski definition) is 3. The third-order valence-corrected chi connectivity index (χ3v) is 5.22. The molecule has 1 aliphatic heterocycles. The van der Waals surface area contributed by atoms with Crippen LogP contribution in [0.1, 0.15) is 36.8 Å². The molecular weight excluding hydrogens is 424 g/mol. The number of para-hydroxylation sites is 1. The highest BCUT2D eigenvalue weighted by Crippen LogP contribution is 2.43. The standard InChI is InChI=1S/C23H26N6O4/c1-23(2,3)33-22(32)27-12-16-19(18(31)13-27)21(28(24)14-7-5-4-6-8-14)20(29(16)25)15-9-10-26-11-17(15)30/h4-11,30H,12-13,24-25H2,1-3H3. The number of carbonyl (C=O) groups is 2. The summed E-state index contributed by atoms with van der Waals surface area (Å²) in [5.74, 6) is 12.5. The lowest BCUT2D eigenvalue weighted by molar-refractivity contribution is 0.0216. The topological polar surface area (TPSA) is 140 Å². The lowest BCUT2D eigenvalue weighted by atomic mass is 10.0. The van der Waals surface area contributed by atoms with Crippen molar-refractivity contribution < 1.29 is 19.4 Å². The summed E-state index contributed by atoms with van der Waals surface area (Å²) in [6.45, 7) is 5.10. The molecule has 2 aromatic heterocycles. The van der Waals surface area contributed by atoms with E-state index in [9.17, 15) is 14.7 Å². The lowest BCUT2D eigenvalue weighted by Crippen LogP contribution is -2.43. The number of pyridine rings is 1. The monoisotopic (exact) mass is 450 g/mol. The number of hydrazine groups is 1. The molecule has 0 spiro atoms. The molecule has 3 heterocycles. The maximum atomic E-state index is 13.3. The van der Waals surface area contributed by atoms with Gasteiger partial charge in [0.25, 0.3) is 0 Å². The Morgan fingerprint density at radius 3 is 2.52 bits per heavy atom. The van der Waals surface area contributed by atoms with Crippen molar-refractivity contribution in [1.82, 2.24) is 14.6 Å². The quantitative estimate of drug-likeness (QED) is 0.409. The van der Waals surface area contributed by atoms with Crippen molar-refractivity contribution in [1.29, 1.82) is 0 Å². The number of nitrogens with two attached hydrogens (primary N) is 2. The van der Waals surface area contributed by atoms with Crippen LogP contribution in [-0.4, -0.2) is 43.7 Å². The number of anilines is 2. The Morgan fingerprint density at radius 1 is 1.18 bits per heavy atom. The van der Waals surface area contributed by atoms with Crippen molar-refractivity contribution in [3.63, 3.8) is 0 Å². The molecule has 3 aromatic rings. The van der Waals surface area contributed by atoms with Crippen LogP contribution in [0, 0.1) is 0 Å². The summed E-state index contributed by atoms with van der Waals surface area (Å²) in [6.07, 6.45) is 2.16. The minimum Gasteiger partial charge on any atom is -0.506 e. The molecule has 1 aromatic carbocycles. The molecule has 4 rings (SSSR count). The SMILES string of the molecule is CC(C)(C)OC(=O)N1CC(=O)c2c(N(N)c3ccccc3)c(-c3ccncc3O)n(N)c2C1. The van der Waals surface area contributed by atoms with Gasteiger partial charge in [-0.25, -0.2) is 10.6 Å². The number of benzene rings is 1. The highest BCUT2D eigenvalue weighted by atomic mass is 16.6. The molecule has 0 atom stereocenters.